The lowest BCUT2D eigenvalue weighted by Gasteiger charge is -2.07. The molecule has 3 heteroatoms. The number of nitrogens with zero attached hydrogens (tertiary/aromatic N) is 1. The topological polar surface area (TPSA) is 35.8 Å². The van der Waals surface area contributed by atoms with Crippen molar-refractivity contribution in [3.8, 4) is 6.07 Å². The van der Waals surface area contributed by atoms with E-state index in [1.165, 1.54) is 25.0 Å². The van der Waals surface area contributed by atoms with Gasteiger partial charge in [0.1, 0.15) is 11.9 Å². The Hall–Kier alpha value is -1.56. The summed E-state index contributed by atoms with van der Waals surface area (Å²) < 4.78 is 12.8. The minimum Gasteiger partial charge on any atom is -0.384 e. The van der Waals surface area contributed by atoms with E-state index < -0.39 is 0 Å². The first-order chi connectivity index (χ1) is 7.29. The summed E-state index contributed by atoms with van der Waals surface area (Å²) in [6.07, 6.45) is 3.80. The molecule has 1 aliphatic rings. The summed E-state index contributed by atoms with van der Waals surface area (Å²) in [5.41, 5.74) is 1.12. The van der Waals surface area contributed by atoms with E-state index >= 15 is 0 Å². The molecular formula is C12H13FN2. The molecule has 0 bridgehead atoms. The van der Waals surface area contributed by atoms with Gasteiger partial charge in [0, 0.05) is 6.54 Å². The van der Waals surface area contributed by atoms with E-state index in [1.54, 1.807) is 6.07 Å². The van der Waals surface area contributed by atoms with Crippen molar-refractivity contribution in [1.29, 1.82) is 5.26 Å². The molecule has 2 rings (SSSR count). The second kappa shape index (κ2) is 4.31. The van der Waals surface area contributed by atoms with Crippen LogP contribution in [0.1, 0.15) is 24.8 Å². The van der Waals surface area contributed by atoms with Gasteiger partial charge in [0.25, 0.3) is 0 Å². The van der Waals surface area contributed by atoms with Crippen molar-refractivity contribution in [2.75, 3.05) is 11.9 Å². The first-order valence-electron chi connectivity index (χ1n) is 5.23. The molecule has 0 spiro atoms. The van der Waals surface area contributed by atoms with Crippen LogP contribution < -0.4 is 5.32 Å². The second-order valence-corrected chi connectivity index (χ2v) is 3.96. The van der Waals surface area contributed by atoms with E-state index in [0.717, 1.165) is 24.6 Å². The average molecular weight is 204 g/mol. The Morgan fingerprint density at radius 3 is 2.93 bits per heavy atom. The third-order valence-corrected chi connectivity index (χ3v) is 2.67. The molecule has 0 aliphatic heterocycles. The highest BCUT2D eigenvalue weighted by molar-refractivity contribution is 5.57. The Labute approximate surface area is 88.7 Å². The summed E-state index contributed by atoms with van der Waals surface area (Å²) in [6.45, 7) is 0.866. The molecular weight excluding hydrogens is 191 g/mol. The normalized spacial score (nSPS) is 14.7. The van der Waals surface area contributed by atoms with E-state index in [1.807, 2.05) is 6.07 Å². The number of nitriles is 1. The molecule has 0 heterocycles. The van der Waals surface area contributed by atoms with Crippen molar-refractivity contribution < 1.29 is 4.39 Å². The van der Waals surface area contributed by atoms with E-state index in [-0.39, 0.29) is 5.82 Å². The fraction of sp³-hybridized carbons (Fsp3) is 0.417. The van der Waals surface area contributed by atoms with Crippen molar-refractivity contribution in [3.63, 3.8) is 0 Å². The fourth-order valence-corrected chi connectivity index (χ4v) is 1.58. The molecule has 0 saturated heterocycles. The number of halogens is 1. The molecule has 0 atom stereocenters. The summed E-state index contributed by atoms with van der Waals surface area (Å²) in [5.74, 6) is 0.503. The summed E-state index contributed by atoms with van der Waals surface area (Å²) >= 11 is 0. The lowest BCUT2D eigenvalue weighted by atomic mass is 10.2. The summed E-state index contributed by atoms with van der Waals surface area (Å²) in [5, 5.41) is 12.0. The van der Waals surface area contributed by atoms with Crippen LogP contribution in [0.4, 0.5) is 10.1 Å². The molecule has 78 valence electrons. The van der Waals surface area contributed by atoms with Gasteiger partial charge >= 0.3 is 0 Å². The number of hydrogen-bond acceptors (Lipinski definition) is 2. The van der Waals surface area contributed by atoms with E-state index in [0.29, 0.717) is 5.56 Å². The van der Waals surface area contributed by atoms with Crippen LogP contribution in [0, 0.1) is 23.1 Å². The van der Waals surface area contributed by atoms with Crippen LogP contribution in [0.25, 0.3) is 0 Å². The number of anilines is 1. The van der Waals surface area contributed by atoms with Gasteiger partial charge in [0.2, 0.25) is 0 Å². The Morgan fingerprint density at radius 1 is 1.47 bits per heavy atom. The Morgan fingerprint density at radius 2 is 2.27 bits per heavy atom. The van der Waals surface area contributed by atoms with Crippen LogP contribution in [0.15, 0.2) is 18.2 Å². The highest BCUT2D eigenvalue weighted by atomic mass is 19.1. The van der Waals surface area contributed by atoms with Gasteiger partial charge in [0.05, 0.1) is 11.3 Å². The predicted molar refractivity (Wildman–Crippen MR) is 56.9 cm³/mol. The van der Waals surface area contributed by atoms with Crippen LogP contribution in [0.2, 0.25) is 0 Å². The maximum Gasteiger partial charge on any atom is 0.124 e. The van der Waals surface area contributed by atoms with Crippen LogP contribution in [0.5, 0.6) is 0 Å². The highest BCUT2D eigenvalue weighted by Crippen LogP contribution is 2.32. The zero-order chi connectivity index (χ0) is 10.7. The molecule has 1 aromatic rings. The van der Waals surface area contributed by atoms with Gasteiger partial charge in [-0.3, -0.25) is 0 Å². The summed E-state index contributed by atoms with van der Waals surface area (Å²) in [4.78, 5) is 0. The standard InChI is InChI=1S/C12H13FN2/c13-11-3-4-12(10(7-11)8-14)15-6-5-9-1-2-9/h3-4,7,9,15H,1-2,5-6H2. The minimum absolute atomic E-state index is 0.362. The second-order valence-electron chi connectivity index (χ2n) is 3.96. The zero-order valence-electron chi connectivity index (χ0n) is 8.46. The quantitative estimate of drug-likeness (QED) is 0.818. The fourth-order valence-electron chi connectivity index (χ4n) is 1.58. The lowest BCUT2D eigenvalue weighted by molar-refractivity contribution is 0.627. The first kappa shape index (κ1) is 9.97. The third kappa shape index (κ3) is 2.69. The minimum atomic E-state index is -0.362. The highest BCUT2D eigenvalue weighted by Gasteiger charge is 2.20. The number of nitrogens with one attached hydrogen (secondary N) is 1. The third-order valence-electron chi connectivity index (χ3n) is 2.67. The average Bonchev–Trinajstić information content (AvgIpc) is 3.04. The van der Waals surface area contributed by atoms with Crippen LogP contribution in [0.3, 0.4) is 0 Å². The van der Waals surface area contributed by atoms with Gasteiger partial charge in [-0.1, -0.05) is 12.8 Å². The van der Waals surface area contributed by atoms with E-state index in [2.05, 4.69) is 5.32 Å². The predicted octanol–water partition coefficient (Wildman–Crippen LogP) is 2.91. The van der Waals surface area contributed by atoms with Gasteiger partial charge in [-0.05, 0) is 30.5 Å². The molecule has 15 heavy (non-hydrogen) atoms. The van der Waals surface area contributed by atoms with Crippen molar-refractivity contribution in [3.05, 3.63) is 29.6 Å². The Bertz CT molecular complexity index is 391. The van der Waals surface area contributed by atoms with Gasteiger partial charge < -0.3 is 5.32 Å². The molecule has 1 aromatic carbocycles. The summed E-state index contributed by atoms with van der Waals surface area (Å²) in [6, 6.07) is 6.25. The van der Waals surface area contributed by atoms with Gasteiger partial charge in [-0.25, -0.2) is 4.39 Å². The molecule has 1 saturated carbocycles. The molecule has 0 radical (unpaired) electrons. The van der Waals surface area contributed by atoms with Crippen molar-refractivity contribution >= 4 is 5.69 Å². The number of hydrogen-bond donors (Lipinski definition) is 1. The number of rotatable bonds is 4. The molecule has 0 aromatic heterocycles. The smallest absolute Gasteiger partial charge is 0.124 e. The van der Waals surface area contributed by atoms with Gasteiger partial charge in [-0.15, -0.1) is 0 Å². The van der Waals surface area contributed by atoms with E-state index in [4.69, 9.17) is 5.26 Å². The molecule has 1 N–H and O–H groups in total. The molecule has 0 unspecified atom stereocenters. The number of benzene rings is 1. The van der Waals surface area contributed by atoms with Crippen LogP contribution >= 0.6 is 0 Å². The zero-order valence-corrected chi connectivity index (χ0v) is 8.46. The van der Waals surface area contributed by atoms with Crippen LogP contribution in [-0.4, -0.2) is 6.54 Å². The van der Waals surface area contributed by atoms with Gasteiger partial charge in [-0.2, -0.15) is 5.26 Å². The van der Waals surface area contributed by atoms with E-state index in [9.17, 15) is 4.39 Å². The maximum absolute atomic E-state index is 12.8. The molecule has 1 fully saturated rings. The largest absolute Gasteiger partial charge is 0.384 e. The molecule has 0 amide bonds. The Balaban J connectivity index is 1.96. The Kier molecular flexibility index (Phi) is 2.86. The lowest BCUT2D eigenvalue weighted by Crippen LogP contribution is -2.04. The molecule has 2 nitrogen and oxygen atoms in total. The first-order valence-corrected chi connectivity index (χ1v) is 5.23. The molecule has 1 aliphatic carbocycles. The van der Waals surface area contributed by atoms with Gasteiger partial charge in [0.15, 0.2) is 0 Å². The van der Waals surface area contributed by atoms with Crippen molar-refractivity contribution in [2.24, 2.45) is 5.92 Å². The monoisotopic (exact) mass is 204 g/mol. The van der Waals surface area contributed by atoms with Crippen molar-refractivity contribution in [1.82, 2.24) is 0 Å². The van der Waals surface area contributed by atoms with Crippen molar-refractivity contribution in [2.45, 2.75) is 19.3 Å². The van der Waals surface area contributed by atoms with Crippen LogP contribution in [-0.2, 0) is 0 Å². The summed E-state index contributed by atoms with van der Waals surface area (Å²) in [7, 11) is 0. The SMILES string of the molecule is N#Cc1cc(F)ccc1NCCC1CC1. The maximum atomic E-state index is 12.8.